The predicted molar refractivity (Wildman–Crippen MR) is 84.7 cm³/mol. The molecule has 3 heteroatoms. The minimum atomic E-state index is -0.143. The first-order chi connectivity index (χ1) is 9.63. The quantitative estimate of drug-likeness (QED) is 0.826. The molecule has 0 amide bonds. The first-order valence-corrected chi connectivity index (χ1v) is 7.72. The lowest BCUT2D eigenvalue weighted by Crippen LogP contribution is -2.27. The number of hydrogen-bond acceptors (Lipinski definition) is 1. The molecular weight excluding hydrogens is 317 g/mol. The summed E-state index contributed by atoms with van der Waals surface area (Å²) in [6.07, 6.45) is 3.15. The third-order valence-corrected chi connectivity index (χ3v) is 4.52. The second-order valence-corrected chi connectivity index (χ2v) is 6.33. The van der Waals surface area contributed by atoms with E-state index < -0.39 is 0 Å². The van der Waals surface area contributed by atoms with E-state index in [1.54, 1.807) is 6.07 Å². The third kappa shape index (κ3) is 2.73. The summed E-state index contributed by atoms with van der Waals surface area (Å²) < 4.78 is 14.7. The monoisotopic (exact) mass is 333 g/mol. The Hall–Kier alpha value is -1.35. The van der Waals surface area contributed by atoms with Gasteiger partial charge in [-0.3, -0.25) is 0 Å². The molecule has 0 heterocycles. The molecular formula is C17H17BrFN. The number of halogens is 2. The van der Waals surface area contributed by atoms with Crippen molar-refractivity contribution in [2.45, 2.75) is 32.2 Å². The van der Waals surface area contributed by atoms with Crippen LogP contribution < -0.4 is 5.32 Å². The van der Waals surface area contributed by atoms with Gasteiger partial charge in [0.05, 0.1) is 0 Å². The minimum absolute atomic E-state index is 0.143. The van der Waals surface area contributed by atoms with Crippen molar-refractivity contribution in [1.29, 1.82) is 0 Å². The summed E-state index contributed by atoms with van der Waals surface area (Å²) in [5, 5.41) is 3.49. The maximum Gasteiger partial charge on any atom is 0.128 e. The Balaban J connectivity index is 1.77. The van der Waals surface area contributed by atoms with Gasteiger partial charge in [-0.15, -0.1) is 0 Å². The van der Waals surface area contributed by atoms with Crippen molar-refractivity contribution < 1.29 is 4.39 Å². The zero-order valence-corrected chi connectivity index (χ0v) is 13.0. The van der Waals surface area contributed by atoms with Crippen LogP contribution in [0.25, 0.3) is 0 Å². The van der Waals surface area contributed by atoms with E-state index in [9.17, 15) is 4.39 Å². The van der Waals surface area contributed by atoms with Gasteiger partial charge in [0.25, 0.3) is 0 Å². The molecule has 0 fully saturated rings. The fourth-order valence-corrected chi connectivity index (χ4v) is 3.24. The summed E-state index contributed by atoms with van der Waals surface area (Å²) in [4.78, 5) is 0. The molecule has 0 aromatic heterocycles. The van der Waals surface area contributed by atoms with Crippen LogP contribution in [0.1, 0.15) is 23.1 Å². The van der Waals surface area contributed by atoms with E-state index in [0.717, 1.165) is 29.4 Å². The van der Waals surface area contributed by atoms with Gasteiger partial charge in [-0.05, 0) is 61.6 Å². The van der Waals surface area contributed by atoms with E-state index in [-0.39, 0.29) is 5.82 Å². The molecule has 20 heavy (non-hydrogen) atoms. The maximum absolute atomic E-state index is 13.6. The van der Waals surface area contributed by atoms with E-state index in [2.05, 4.69) is 39.4 Å². The highest BCUT2D eigenvalue weighted by molar-refractivity contribution is 9.10. The van der Waals surface area contributed by atoms with Crippen molar-refractivity contribution in [3.8, 4) is 0 Å². The molecule has 0 saturated heterocycles. The Morgan fingerprint density at radius 3 is 2.90 bits per heavy atom. The van der Waals surface area contributed by atoms with Gasteiger partial charge in [0.1, 0.15) is 5.82 Å². The predicted octanol–water partition coefficient (Wildman–Crippen LogP) is 4.87. The molecule has 1 unspecified atom stereocenters. The van der Waals surface area contributed by atoms with Gasteiger partial charge >= 0.3 is 0 Å². The van der Waals surface area contributed by atoms with Crippen molar-refractivity contribution in [2.75, 3.05) is 5.32 Å². The highest BCUT2D eigenvalue weighted by atomic mass is 79.9. The fourth-order valence-electron chi connectivity index (χ4n) is 2.83. The van der Waals surface area contributed by atoms with E-state index in [4.69, 9.17) is 0 Å². The van der Waals surface area contributed by atoms with Crippen molar-refractivity contribution in [2.24, 2.45) is 0 Å². The summed E-state index contributed by atoms with van der Waals surface area (Å²) in [5.74, 6) is -0.143. The number of fused-ring (bicyclic) bond motifs is 1. The number of rotatable bonds is 2. The number of aryl methyl sites for hydroxylation is 1. The fraction of sp³-hybridized carbons (Fsp3) is 0.294. The van der Waals surface area contributed by atoms with Crippen LogP contribution in [0.4, 0.5) is 10.1 Å². The molecule has 1 atom stereocenters. The Bertz CT molecular complexity index is 639. The second kappa shape index (κ2) is 5.57. The van der Waals surface area contributed by atoms with Gasteiger partial charge < -0.3 is 5.32 Å². The third-order valence-electron chi connectivity index (χ3n) is 4.02. The van der Waals surface area contributed by atoms with E-state index in [0.29, 0.717) is 11.6 Å². The van der Waals surface area contributed by atoms with Gasteiger partial charge in [0, 0.05) is 21.8 Å². The minimum Gasteiger partial charge on any atom is -0.382 e. The molecule has 0 radical (unpaired) electrons. The van der Waals surface area contributed by atoms with Gasteiger partial charge in [-0.1, -0.05) is 28.1 Å². The van der Waals surface area contributed by atoms with E-state index in [1.807, 2.05) is 13.0 Å². The lowest BCUT2D eigenvalue weighted by Gasteiger charge is -2.27. The molecule has 1 nitrogen and oxygen atoms in total. The van der Waals surface area contributed by atoms with Gasteiger partial charge in [0.15, 0.2) is 0 Å². The SMILES string of the molecule is Cc1c(F)cccc1NC1CCc2cc(Br)ccc2C1. The van der Waals surface area contributed by atoms with E-state index >= 15 is 0 Å². The van der Waals surface area contributed by atoms with Crippen LogP contribution in [0.5, 0.6) is 0 Å². The zero-order valence-electron chi connectivity index (χ0n) is 11.4. The van der Waals surface area contributed by atoms with E-state index in [1.165, 1.54) is 17.2 Å². The molecule has 3 rings (SSSR count). The van der Waals surface area contributed by atoms with Crippen molar-refractivity contribution in [3.63, 3.8) is 0 Å². The average Bonchev–Trinajstić information content (AvgIpc) is 2.44. The summed E-state index contributed by atoms with van der Waals surface area (Å²) >= 11 is 3.52. The summed E-state index contributed by atoms with van der Waals surface area (Å²) in [5.41, 5.74) is 4.43. The molecule has 0 aliphatic heterocycles. The first kappa shape index (κ1) is 13.6. The second-order valence-electron chi connectivity index (χ2n) is 5.41. The molecule has 1 aliphatic carbocycles. The standard InChI is InChI=1S/C17H17BrFN/c1-11-16(19)3-2-4-17(11)20-15-8-6-12-9-14(18)7-5-13(12)10-15/h2-5,7,9,15,20H,6,8,10H2,1H3. The van der Waals surface area contributed by atoms with Gasteiger partial charge in [-0.25, -0.2) is 4.39 Å². The zero-order chi connectivity index (χ0) is 14.1. The highest BCUT2D eigenvalue weighted by Gasteiger charge is 2.19. The average molecular weight is 334 g/mol. The molecule has 2 aromatic rings. The Kier molecular flexibility index (Phi) is 3.79. The normalized spacial score (nSPS) is 17.6. The lowest BCUT2D eigenvalue weighted by molar-refractivity contribution is 0.602. The summed E-state index contributed by atoms with van der Waals surface area (Å²) in [7, 11) is 0. The van der Waals surface area contributed by atoms with Crippen molar-refractivity contribution in [3.05, 3.63) is 63.4 Å². The molecule has 1 aliphatic rings. The number of anilines is 1. The highest BCUT2D eigenvalue weighted by Crippen LogP contribution is 2.27. The van der Waals surface area contributed by atoms with Crippen LogP contribution in [0, 0.1) is 12.7 Å². The van der Waals surface area contributed by atoms with Crippen LogP contribution in [-0.4, -0.2) is 6.04 Å². The number of hydrogen-bond donors (Lipinski definition) is 1. The molecule has 0 spiro atoms. The van der Waals surface area contributed by atoms with Crippen molar-refractivity contribution in [1.82, 2.24) is 0 Å². The molecule has 0 saturated carbocycles. The van der Waals surface area contributed by atoms with Crippen LogP contribution in [0.2, 0.25) is 0 Å². The molecule has 0 bridgehead atoms. The summed E-state index contributed by atoms with van der Waals surface area (Å²) in [6, 6.07) is 12.1. The Labute approximate surface area is 127 Å². The smallest absolute Gasteiger partial charge is 0.128 e. The van der Waals surface area contributed by atoms with Crippen LogP contribution in [0.15, 0.2) is 40.9 Å². The first-order valence-electron chi connectivity index (χ1n) is 6.92. The van der Waals surface area contributed by atoms with Crippen LogP contribution in [-0.2, 0) is 12.8 Å². The van der Waals surface area contributed by atoms with Crippen LogP contribution in [0.3, 0.4) is 0 Å². The Morgan fingerprint density at radius 1 is 1.20 bits per heavy atom. The number of nitrogens with one attached hydrogen (secondary N) is 1. The largest absolute Gasteiger partial charge is 0.382 e. The van der Waals surface area contributed by atoms with Gasteiger partial charge in [-0.2, -0.15) is 0 Å². The molecule has 1 N–H and O–H groups in total. The number of benzene rings is 2. The maximum atomic E-state index is 13.6. The topological polar surface area (TPSA) is 12.0 Å². The Morgan fingerprint density at radius 2 is 2.05 bits per heavy atom. The van der Waals surface area contributed by atoms with Gasteiger partial charge in [0.2, 0.25) is 0 Å². The molecule has 104 valence electrons. The lowest BCUT2D eigenvalue weighted by atomic mass is 9.88. The molecule has 2 aromatic carbocycles. The van der Waals surface area contributed by atoms with Crippen molar-refractivity contribution >= 4 is 21.6 Å². The summed E-state index contributed by atoms with van der Waals surface area (Å²) in [6.45, 7) is 1.82. The van der Waals surface area contributed by atoms with Crippen LogP contribution >= 0.6 is 15.9 Å².